The van der Waals surface area contributed by atoms with Crippen LogP contribution in [0.25, 0.3) is 17.2 Å². The van der Waals surface area contributed by atoms with Gasteiger partial charge in [0.25, 0.3) is 0 Å². The molecule has 1 fully saturated rings. The van der Waals surface area contributed by atoms with E-state index in [2.05, 4.69) is 76.2 Å². The van der Waals surface area contributed by atoms with Crippen LogP contribution in [0.3, 0.4) is 0 Å². The molecule has 0 radical (unpaired) electrons. The van der Waals surface area contributed by atoms with Crippen LogP contribution in [0.5, 0.6) is 0 Å². The van der Waals surface area contributed by atoms with Gasteiger partial charge < -0.3 is 9.47 Å². The SMILES string of the molecule is CC1(CC2=Cc3c(cccc3-c3ccccc3C(C)(C)C)C2)COC(C)(C)OC1. The highest BCUT2D eigenvalue weighted by molar-refractivity contribution is 5.82. The maximum atomic E-state index is 5.97. The molecule has 0 bridgehead atoms. The Bertz CT molecular complexity index is 933. The fourth-order valence-electron chi connectivity index (χ4n) is 4.59. The van der Waals surface area contributed by atoms with Crippen molar-refractivity contribution < 1.29 is 9.47 Å². The summed E-state index contributed by atoms with van der Waals surface area (Å²) in [7, 11) is 0. The molecule has 1 aliphatic heterocycles. The summed E-state index contributed by atoms with van der Waals surface area (Å²) in [5.41, 5.74) is 8.56. The Hall–Kier alpha value is -1.90. The van der Waals surface area contributed by atoms with Crippen molar-refractivity contribution in [2.45, 2.75) is 65.6 Å². The molecule has 1 saturated heterocycles. The summed E-state index contributed by atoms with van der Waals surface area (Å²) in [5.74, 6) is -0.462. The zero-order valence-electron chi connectivity index (χ0n) is 18.8. The van der Waals surface area contributed by atoms with E-state index >= 15 is 0 Å². The molecule has 2 nitrogen and oxygen atoms in total. The van der Waals surface area contributed by atoms with E-state index < -0.39 is 5.79 Å². The molecule has 154 valence electrons. The summed E-state index contributed by atoms with van der Waals surface area (Å²) in [6, 6.07) is 15.6. The lowest BCUT2D eigenvalue weighted by atomic mass is 9.81. The first kappa shape index (κ1) is 20.4. The molecule has 2 heteroatoms. The molecule has 29 heavy (non-hydrogen) atoms. The summed E-state index contributed by atoms with van der Waals surface area (Å²) in [6.07, 6.45) is 4.47. The van der Waals surface area contributed by atoms with Crippen LogP contribution in [0.15, 0.2) is 48.0 Å². The van der Waals surface area contributed by atoms with Gasteiger partial charge in [0.05, 0.1) is 13.2 Å². The average molecular weight is 391 g/mol. The molecule has 0 saturated carbocycles. The van der Waals surface area contributed by atoms with Crippen LogP contribution < -0.4 is 0 Å². The van der Waals surface area contributed by atoms with Gasteiger partial charge in [-0.1, -0.05) is 81.8 Å². The molecule has 0 aromatic heterocycles. The molecule has 0 spiro atoms. The van der Waals surface area contributed by atoms with Crippen molar-refractivity contribution in [3.8, 4) is 11.1 Å². The molecular formula is C27H34O2. The van der Waals surface area contributed by atoms with Crippen molar-refractivity contribution in [2.75, 3.05) is 13.2 Å². The molecule has 1 heterocycles. The van der Waals surface area contributed by atoms with Gasteiger partial charge in [0.2, 0.25) is 0 Å². The molecule has 1 aliphatic carbocycles. The van der Waals surface area contributed by atoms with Crippen LogP contribution in [0.2, 0.25) is 0 Å². The normalized spacial score (nSPS) is 20.3. The van der Waals surface area contributed by atoms with Gasteiger partial charge in [0.1, 0.15) is 0 Å². The van der Waals surface area contributed by atoms with Gasteiger partial charge in [0.15, 0.2) is 5.79 Å². The third-order valence-corrected chi connectivity index (χ3v) is 6.18. The Labute approximate surface area is 175 Å². The molecule has 2 aliphatic rings. The minimum Gasteiger partial charge on any atom is -0.350 e. The zero-order chi connectivity index (χ0) is 20.9. The summed E-state index contributed by atoms with van der Waals surface area (Å²) in [5, 5.41) is 0. The third-order valence-electron chi connectivity index (χ3n) is 6.18. The van der Waals surface area contributed by atoms with Gasteiger partial charge in [-0.2, -0.15) is 0 Å². The second-order valence-corrected chi connectivity index (χ2v) is 10.6. The van der Waals surface area contributed by atoms with E-state index in [-0.39, 0.29) is 10.8 Å². The first-order valence-corrected chi connectivity index (χ1v) is 10.8. The largest absolute Gasteiger partial charge is 0.350 e. The number of fused-ring (bicyclic) bond motifs is 1. The summed E-state index contributed by atoms with van der Waals surface area (Å²) >= 11 is 0. The molecular weight excluding hydrogens is 356 g/mol. The minimum atomic E-state index is -0.462. The van der Waals surface area contributed by atoms with E-state index in [0.29, 0.717) is 0 Å². The Morgan fingerprint density at radius 2 is 1.52 bits per heavy atom. The lowest BCUT2D eigenvalue weighted by Crippen LogP contribution is -2.45. The summed E-state index contributed by atoms with van der Waals surface area (Å²) in [4.78, 5) is 0. The molecule has 0 atom stereocenters. The van der Waals surface area contributed by atoms with Crippen molar-refractivity contribution in [1.29, 1.82) is 0 Å². The highest BCUT2D eigenvalue weighted by Crippen LogP contribution is 2.42. The number of ether oxygens (including phenoxy) is 2. The van der Waals surface area contributed by atoms with Crippen molar-refractivity contribution in [3.63, 3.8) is 0 Å². The standard InChI is InChI=1S/C27H34O2/c1-25(2,3)24-13-8-7-11-22(24)21-12-9-10-20-14-19(15-23(20)21)16-27(6)17-28-26(4,5)29-18-27/h7-13,15H,14,16-18H2,1-6H3. The predicted molar refractivity (Wildman–Crippen MR) is 121 cm³/mol. The second-order valence-electron chi connectivity index (χ2n) is 10.6. The van der Waals surface area contributed by atoms with Crippen LogP contribution in [-0.2, 0) is 21.3 Å². The maximum absolute atomic E-state index is 5.97. The number of hydrogen-bond donors (Lipinski definition) is 0. The lowest BCUT2D eigenvalue weighted by molar-refractivity contribution is -0.282. The van der Waals surface area contributed by atoms with E-state index in [1.54, 1.807) is 0 Å². The molecule has 2 aromatic carbocycles. The average Bonchev–Trinajstić information content (AvgIpc) is 3.06. The van der Waals surface area contributed by atoms with Gasteiger partial charge in [-0.3, -0.25) is 0 Å². The fraction of sp³-hybridized carbons (Fsp3) is 0.481. The van der Waals surface area contributed by atoms with Crippen LogP contribution in [0, 0.1) is 5.41 Å². The Kier molecular flexibility index (Phi) is 4.99. The van der Waals surface area contributed by atoms with E-state index in [4.69, 9.17) is 9.47 Å². The number of rotatable bonds is 3. The van der Waals surface area contributed by atoms with Crippen LogP contribution >= 0.6 is 0 Å². The first-order chi connectivity index (χ1) is 13.6. The van der Waals surface area contributed by atoms with Gasteiger partial charge in [0, 0.05) is 5.41 Å². The predicted octanol–water partition coefficient (Wildman–Crippen LogP) is 6.77. The van der Waals surface area contributed by atoms with Gasteiger partial charge >= 0.3 is 0 Å². The Morgan fingerprint density at radius 1 is 0.862 bits per heavy atom. The Balaban J connectivity index is 1.65. The number of allylic oxidation sites excluding steroid dienone is 1. The quantitative estimate of drug-likeness (QED) is 0.576. The van der Waals surface area contributed by atoms with Crippen LogP contribution in [0.4, 0.5) is 0 Å². The Morgan fingerprint density at radius 3 is 2.21 bits per heavy atom. The number of hydrogen-bond acceptors (Lipinski definition) is 2. The molecule has 2 aromatic rings. The lowest BCUT2D eigenvalue weighted by Gasteiger charge is -2.41. The van der Waals surface area contributed by atoms with Crippen LogP contribution in [0.1, 0.15) is 64.7 Å². The highest BCUT2D eigenvalue weighted by Gasteiger charge is 2.37. The van der Waals surface area contributed by atoms with E-state index in [1.807, 2.05) is 13.8 Å². The van der Waals surface area contributed by atoms with Crippen LogP contribution in [-0.4, -0.2) is 19.0 Å². The summed E-state index contributed by atoms with van der Waals surface area (Å²) in [6.45, 7) is 14.6. The van der Waals surface area contributed by atoms with Gasteiger partial charge in [-0.25, -0.2) is 0 Å². The summed E-state index contributed by atoms with van der Waals surface area (Å²) < 4.78 is 11.9. The maximum Gasteiger partial charge on any atom is 0.162 e. The first-order valence-electron chi connectivity index (χ1n) is 10.8. The molecule has 4 rings (SSSR count). The van der Waals surface area contributed by atoms with E-state index in [9.17, 15) is 0 Å². The fourth-order valence-corrected chi connectivity index (χ4v) is 4.59. The van der Waals surface area contributed by atoms with Gasteiger partial charge in [-0.15, -0.1) is 0 Å². The second kappa shape index (κ2) is 7.11. The van der Waals surface area contributed by atoms with Crippen molar-refractivity contribution in [3.05, 3.63) is 64.7 Å². The monoisotopic (exact) mass is 390 g/mol. The van der Waals surface area contributed by atoms with Crippen molar-refractivity contribution in [2.24, 2.45) is 5.41 Å². The van der Waals surface area contributed by atoms with E-state index in [1.165, 1.54) is 33.4 Å². The topological polar surface area (TPSA) is 18.5 Å². The number of benzene rings is 2. The molecule has 0 unspecified atom stereocenters. The van der Waals surface area contributed by atoms with Crippen molar-refractivity contribution in [1.82, 2.24) is 0 Å². The third kappa shape index (κ3) is 4.20. The molecule has 0 N–H and O–H groups in total. The van der Waals surface area contributed by atoms with Crippen molar-refractivity contribution >= 4 is 6.08 Å². The highest BCUT2D eigenvalue weighted by atomic mass is 16.7. The molecule has 0 amide bonds. The zero-order valence-corrected chi connectivity index (χ0v) is 18.8. The van der Waals surface area contributed by atoms with Gasteiger partial charge in [-0.05, 0) is 59.9 Å². The minimum absolute atomic E-state index is 0.0346. The smallest absolute Gasteiger partial charge is 0.162 e. The van der Waals surface area contributed by atoms with E-state index in [0.717, 1.165) is 26.1 Å².